The Labute approximate surface area is 166 Å². The third-order valence-electron chi connectivity index (χ3n) is 4.64. The van der Waals surface area contributed by atoms with E-state index in [0.717, 1.165) is 11.1 Å². The van der Waals surface area contributed by atoms with Gasteiger partial charge in [0.2, 0.25) is 0 Å². The van der Waals surface area contributed by atoms with Gasteiger partial charge in [0.1, 0.15) is 0 Å². The maximum atomic E-state index is 8.62. The minimum Gasteiger partial charge on any atom is -0.424 e. The summed E-state index contributed by atoms with van der Waals surface area (Å²) in [5, 5.41) is 22.6. The lowest BCUT2D eigenvalue weighted by Crippen LogP contribution is -2.05. The highest BCUT2D eigenvalue weighted by molar-refractivity contribution is 6.48. The van der Waals surface area contributed by atoms with E-state index in [2.05, 4.69) is 68.1 Å². The summed E-state index contributed by atoms with van der Waals surface area (Å²) in [6.45, 7) is 5.84. The van der Waals surface area contributed by atoms with Gasteiger partial charge in [-0.25, -0.2) is 0 Å². The van der Waals surface area contributed by atoms with Crippen LogP contribution in [0.15, 0.2) is 91.4 Å². The second kappa shape index (κ2) is 9.18. The fourth-order valence-electron chi connectivity index (χ4n) is 3.28. The van der Waals surface area contributed by atoms with Crippen LogP contribution in [0.1, 0.15) is 16.7 Å². The number of hydrogen-bond acceptors (Lipinski definition) is 2. The first-order valence-corrected chi connectivity index (χ1v) is 9.23. The third-order valence-corrected chi connectivity index (χ3v) is 4.64. The van der Waals surface area contributed by atoms with Crippen molar-refractivity contribution >= 4 is 40.8 Å². The number of benzene rings is 4. The van der Waals surface area contributed by atoms with Crippen molar-refractivity contribution in [3.63, 3.8) is 0 Å². The number of rotatable bonds is 3. The summed E-state index contributed by atoms with van der Waals surface area (Å²) >= 11 is 0. The lowest BCUT2D eigenvalue weighted by Gasteiger charge is -2.06. The second-order valence-electron chi connectivity index (χ2n) is 6.57. The lowest BCUT2D eigenvalue weighted by molar-refractivity contribution is 0.424. The van der Waals surface area contributed by atoms with Crippen LogP contribution >= 0.6 is 0 Å². The average Bonchev–Trinajstić information content (AvgIpc) is 2.73. The second-order valence-corrected chi connectivity index (χ2v) is 6.57. The molecule has 28 heavy (non-hydrogen) atoms. The van der Waals surface area contributed by atoms with E-state index in [1.165, 1.54) is 33.1 Å². The van der Waals surface area contributed by atoms with E-state index >= 15 is 0 Å². The van der Waals surface area contributed by atoms with E-state index in [0.29, 0.717) is 0 Å². The highest BCUT2D eigenvalue weighted by atomic mass is 16.4. The van der Waals surface area contributed by atoms with Gasteiger partial charge in [0, 0.05) is 0 Å². The molecule has 4 rings (SSSR count). The molecule has 0 unspecified atom stereocenters. The molecule has 0 spiro atoms. The average molecular weight is 366 g/mol. The first kappa shape index (κ1) is 19.6. The zero-order valence-electron chi connectivity index (χ0n) is 15.9. The SMILES string of the molecule is C=Cc1ccccc1/C=C/B(O)O.Cc1cc2ccccc2c2ccccc12. The molecule has 4 aromatic carbocycles. The normalized spacial score (nSPS) is 10.7. The molecule has 0 amide bonds. The molecule has 0 aliphatic rings. The van der Waals surface area contributed by atoms with Crippen LogP contribution in [0.25, 0.3) is 33.7 Å². The highest BCUT2D eigenvalue weighted by Gasteiger charge is 2.02. The standard InChI is InChI=1S/C15H12.C10H11BO2/c1-11-10-12-6-2-3-8-14(12)15-9-5-4-7-13(11)15;1-2-9-5-3-4-6-10(9)7-8-11(12)13/h2-10H,1H3;2-8,12-13H,1H2/b;8-7+. The van der Waals surface area contributed by atoms with Gasteiger partial charge < -0.3 is 10.0 Å². The van der Waals surface area contributed by atoms with Gasteiger partial charge in [-0.05, 0) is 45.2 Å². The third kappa shape index (κ3) is 4.58. The summed E-state index contributed by atoms with van der Waals surface area (Å²) in [5.41, 5.74) is 3.24. The van der Waals surface area contributed by atoms with Crippen molar-refractivity contribution in [2.45, 2.75) is 6.92 Å². The van der Waals surface area contributed by atoms with E-state index in [4.69, 9.17) is 10.0 Å². The van der Waals surface area contributed by atoms with E-state index in [-0.39, 0.29) is 0 Å². The Morgan fingerprint density at radius 3 is 2.00 bits per heavy atom. The fourth-order valence-corrected chi connectivity index (χ4v) is 3.28. The first-order valence-electron chi connectivity index (χ1n) is 9.23. The molecule has 0 radical (unpaired) electrons. The van der Waals surface area contributed by atoms with Gasteiger partial charge in [0.25, 0.3) is 0 Å². The molecule has 138 valence electrons. The molecule has 0 saturated heterocycles. The number of fused-ring (bicyclic) bond motifs is 3. The summed E-state index contributed by atoms with van der Waals surface area (Å²) < 4.78 is 0. The lowest BCUT2D eigenvalue weighted by atomic mass is 9.90. The molecule has 0 fully saturated rings. The molecule has 4 aromatic rings. The zero-order chi connectivity index (χ0) is 19.9. The molecule has 0 aromatic heterocycles. The van der Waals surface area contributed by atoms with E-state index in [1.807, 2.05) is 24.3 Å². The van der Waals surface area contributed by atoms with E-state index in [1.54, 1.807) is 12.2 Å². The van der Waals surface area contributed by atoms with E-state index in [9.17, 15) is 0 Å². The van der Waals surface area contributed by atoms with Crippen LogP contribution in [-0.2, 0) is 0 Å². The number of aryl methyl sites for hydroxylation is 1. The maximum absolute atomic E-state index is 8.62. The van der Waals surface area contributed by atoms with Crippen molar-refractivity contribution in [3.05, 3.63) is 108 Å². The van der Waals surface area contributed by atoms with Gasteiger partial charge in [-0.1, -0.05) is 104 Å². The molecule has 2 nitrogen and oxygen atoms in total. The Bertz CT molecular complexity index is 1130. The largest absolute Gasteiger partial charge is 0.480 e. The summed E-state index contributed by atoms with van der Waals surface area (Å²) in [6, 6.07) is 27.0. The molecule has 0 aliphatic heterocycles. The topological polar surface area (TPSA) is 40.5 Å². The minimum atomic E-state index is -1.40. The molecule has 0 bridgehead atoms. The van der Waals surface area contributed by atoms with Gasteiger partial charge in [0.05, 0.1) is 0 Å². The Morgan fingerprint density at radius 2 is 1.32 bits per heavy atom. The van der Waals surface area contributed by atoms with Crippen LogP contribution in [0.2, 0.25) is 0 Å². The molecule has 3 heteroatoms. The maximum Gasteiger partial charge on any atom is 0.480 e. The summed E-state index contributed by atoms with van der Waals surface area (Å²) in [7, 11) is -1.40. The highest BCUT2D eigenvalue weighted by Crippen LogP contribution is 2.27. The molecule has 0 aliphatic carbocycles. The smallest absolute Gasteiger partial charge is 0.424 e. The van der Waals surface area contributed by atoms with Gasteiger partial charge in [-0.2, -0.15) is 0 Å². The summed E-state index contributed by atoms with van der Waals surface area (Å²) in [4.78, 5) is 0. The molecule has 2 N–H and O–H groups in total. The van der Waals surface area contributed by atoms with Gasteiger partial charge in [-0.15, -0.1) is 0 Å². The Hall–Kier alpha value is -3.14. The fraction of sp³-hybridized carbons (Fsp3) is 0.0400. The van der Waals surface area contributed by atoms with Crippen molar-refractivity contribution in [3.8, 4) is 0 Å². The van der Waals surface area contributed by atoms with E-state index < -0.39 is 7.12 Å². The number of hydrogen-bond donors (Lipinski definition) is 2. The quantitative estimate of drug-likeness (QED) is 0.363. The predicted octanol–water partition coefficient (Wildman–Crippen LogP) is 5.66. The molecular weight excluding hydrogens is 343 g/mol. The van der Waals surface area contributed by atoms with Crippen molar-refractivity contribution in [1.82, 2.24) is 0 Å². The Kier molecular flexibility index (Phi) is 6.43. The van der Waals surface area contributed by atoms with Crippen LogP contribution in [0, 0.1) is 6.92 Å². The molecule has 0 saturated carbocycles. The van der Waals surface area contributed by atoms with Crippen LogP contribution in [-0.4, -0.2) is 17.2 Å². The van der Waals surface area contributed by atoms with Crippen LogP contribution < -0.4 is 0 Å². The van der Waals surface area contributed by atoms with Gasteiger partial charge >= 0.3 is 7.12 Å². The monoisotopic (exact) mass is 366 g/mol. The predicted molar refractivity (Wildman–Crippen MR) is 122 cm³/mol. The van der Waals surface area contributed by atoms with Crippen molar-refractivity contribution < 1.29 is 10.0 Å². The zero-order valence-corrected chi connectivity index (χ0v) is 15.9. The van der Waals surface area contributed by atoms with Crippen LogP contribution in [0.5, 0.6) is 0 Å². The molecular formula is C25H23BO2. The minimum absolute atomic E-state index is 0.922. The van der Waals surface area contributed by atoms with Crippen molar-refractivity contribution in [1.29, 1.82) is 0 Å². The van der Waals surface area contributed by atoms with Crippen LogP contribution in [0.3, 0.4) is 0 Å². The molecule has 0 atom stereocenters. The van der Waals surface area contributed by atoms with Crippen molar-refractivity contribution in [2.75, 3.05) is 0 Å². The van der Waals surface area contributed by atoms with Crippen LogP contribution in [0.4, 0.5) is 0 Å². The first-order chi connectivity index (χ1) is 13.6. The van der Waals surface area contributed by atoms with Gasteiger partial charge in [-0.3, -0.25) is 0 Å². The Morgan fingerprint density at radius 1 is 0.750 bits per heavy atom. The molecule has 0 heterocycles. The summed E-state index contributed by atoms with van der Waals surface area (Å²) in [6.07, 6.45) is 3.38. The van der Waals surface area contributed by atoms with Crippen molar-refractivity contribution in [2.24, 2.45) is 0 Å². The Balaban J connectivity index is 0.000000163. The summed E-state index contributed by atoms with van der Waals surface area (Å²) in [5.74, 6) is 1.31. The van der Waals surface area contributed by atoms with Gasteiger partial charge in [0.15, 0.2) is 0 Å².